The lowest BCUT2D eigenvalue weighted by Crippen LogP contribution is -2.39. The molecule has 1 heterocycles. The molecule has 1 aliphatic rings. The Morgan fingerprint density at radius 2 is 2.05 bits per heavy atom. The highest BCUT2D eigenvalue weighted by molar-refractivity contribution is 9.10. The SMILES string of the molecule is COCC1CCN(S(=O)(=O)c2cc(Br)c(F)cc2N)CC1. The number of methoxy groups -OCH3 is 1. The van der Waals surface area contributed by atoms with Gasteiger partial charge in [-0.15, -0.1) is 0 Å². The quantitative estimate of drug-likeness (QED) is 0.812. The van der Waals surface area contributed by atoms with Crippen molar-refractivity contribution in [3.05, 3.63) is 22.4 Å². The molecule has 0 amide bonds. The van der Waals surface area contributed by atoms with E-state index in [4.69, 9.17) is 10.5 Å². The molecule has 0 aromatic heterocycles. The van der Waals surface area contributed by atoms with Crippen LogP contribution >= 0.6 is 15.9 Å². The van der Waals surface area contributed by atoms with Crippen molar-refractivity contribution in [1.29, 1.82) is 0 Å². The summed E-state index contributed by atoms with van der Waals surface area (Å²) in [5, 5.41) is 0. The van der Waals surface area contributed by atoms with Gasteiger partial charge in [-0.25, -0.2) is 12.8 Å². The Labute approximate surface area is 132 Å². The van der Waals surface area contributed by atoms with Gasteiger partial charge in [0.05, 0.1) is 10.2 Å². The van der Waals surface area contributed by atoms with Crippen LogP contribution in [0.25, 0.3) is 0 Å². The maximum absolute atomic E-state index is 13.4. The fraction of sp³-hybridized carbons (Fsp3) is 0.538. The number of hydrogen-bond donors (Lipinski definition) is 1. The first kappa shape index (κ1) is 16.7. The van der Waals surface area contributed by atoms with Crippen molar-refractivity contribution < 1.29 is 17.5 Å². The average molecular weight is 381 g/mol. The van der Waals surface area contributed by atoms with Gasteiger partial charge in [-0.3, -0.25) is 0 Å². The molecule has 8 heteroatoms. The number of nitrogens with two attached hydrogens (primary N) is 1. The minimum absolute atomic E-state index is 0.0547. The molecule has 2 rings (SSSR count). The highest BCUT2D eigenvalue weighted by atomic mass is 79.9. The number of halogens is 2. The van der Waals surface area contributed by atoms with Crippen LogP contribution in [0.3, 0.4) is 0 Å². The Bertz CT molecular complexity index is 616. The lowest BCUT2D eigenvalue weighted by Gasteiger charge is -2.31. The van der Waals surface area contributed by atoms with Gasteiger partial charge in [0.15, 0.2) is 0 Å². The molecule has 0 spiro atoms. The lowest BCUT2D eigenvalue weighted by atomic mass is 9.99. The molecule has 0 bridgehead atoms. The molecule has 1 aromatic rings. The van der Waals surface area contributed by atoms with Crippen molar-refractivity contribution in [3.63, 3.8) is 0 Å². The molecule has 0 atom stereocenters. The third-order valence-corrected chi connectivity index (χ3v) is 6.21. The molecular formula is C13H18BrFN2O3S. The highest BCUT2D eigenvalue weighted by Gasteiger charge is 2.31. The third kappa shape index (κ3) is 3.56. The van der Waals surface area contributed by atoms with Crippen LogP contribution in [0.5, 0.6) is 0 Å². The van der Waals surface area contributed by atoms with E-state index >= 15 is 0 Å². The Morgan fingerprint density at radius 1 is 1.43 bits per heavy atom. The molecule has 0 saturated carbocycles. The maximum atomic E-state index is 13.4. The van der Waals surface area contributed by atoms with E-state index in [2.05, 4.69) is 15.9 Å². The number of hydrogen-bond acceptors (Lipinski definition) is 4. The Hall–Kier alpha value is -0.700. The van der Waals surface area contributed by atoms with Gasteiger partial charge in [0, 0.05) is 26.8 Å². The summed E-state index contributed by atoms with van der Waals surface area (Å²) in [4.78, 5) is -0.0547. The molecule has 1 fully saturated rings. The molecular weight excluding hydrogens is 363 g/mol. The van der Waals surface area contributed by atoms with E-state index in [1.165, 1.54) is 10.4 Å². The van der Waals surface area contributed by atoms with E-state index in [0.717, 1.165) is 18.9 Å². The minimum Gasteiger partial charge on any atom is -0.398 e. The average Bonchev–Trinajstić information content (AvgIpc) is 2.43. The number of nitrogen functional groups attached to an aromatic ring is 1. The molecule has 1 aliphatic heterocycles. The topological polar surface area (TPSA) is 72.6 Å². The third-order valence-electron chi connectivity index (χ3n) is 3.65. The number of sulfonamides is 1. The van der Waals surface area contributed by atoms with E-state index in [-0.39, 0.29) is 15.1 Å². The first-order valence-corrected chi connectivity index (χ1v) is 8.83. The van der Waals surface area contributed by atoms with Crippen LogP contribution in [0.15, 0.2) is 21.5 Å². The minimum atomic E-state index is -3.70. The smallest absolute Gasteiger partial charge is 0.245 e. The van der Waals surface area contributed by atoms with E-state index < -0.39 is 15.8 Å². The molecule has 0 radical (unpaired) electrons. The van der Waals surface area contributed by atoms with Crippen molar-refractivity contribution in [2.45, 2.75) is 17.7 Å². The van der Waals surface area contributed by atoms with Crippen molar-refractivity contribution in [1.82, 2.24) is 4.31 Å². The zero-order valence-electron chi connectivity index (χ0n) is 11.7. The zero-order valence-corrected chi connectivity index (χ0v) is 14.1. The van der Waals surface area contributed by atoms with Gasteiger partial charge in [0.25, 0.3) is 0 Å². The van der Waals surface area contributed by atoms with Gasteiger partial charge in [0.1, 0.15) is 10.7 Å². The summed E-state index contributed by atoms with van der Waals surface area (Å²) in [5.41, 5.74) is 5.60. The zero-order chi connectivity index (χ0) is 15.6. The van der Waals surface area contributed by atoms with E-state index in [1.54, 1.807) is 7.11 Å². The summed E-state index contributed by atoms with van der Waals surface area (Å²) in [6.45, 7) is 1.48. The van der Waals surface area contributed by atoms with Gasteiger partial charge in [0.2, 0.25) is 10.0 Å². The van der Waals surface area contributed by atoms with Crippen molar-refractivity contribution >= 4 is 31.6 Å². The van der Waals surface area contributed by atoms with Crippen LogP contribution in [-0.2, 0) is 14.8 Å². The molecule has 0 aliphatic carbocycles. The lowest BCUT2D eigenvalue weighted by molar-refractivity contribution is 0.121. The monoisotopic (exact) mass is 380 g/mol. The number of nitrogens with zero attached hydrogens (tertiary/aromatic N) is 1. The van der Waals surface area contributed by atoms with Gasteiger partial charge < -0.3 is 10.5 Å². The Morgan fingerprint density at radius 3 is 2.62 bits per heavy atom. The second-order valence-corrected chi connectivity index (χ2v) is 7.87. The van der Waals surface area contributed by atoms with Crippen LogP contribution in [0.1, 0.15) is 12.8 Å². The highest BCUT2D eigenvalue weighted by Crippen LogP contribution is 2.30. The predicted molar refractivity (Wildman–Crippen MR) is 81.9 cm³/mol. The van der Waals surface area contributed by atoms with E-state index in [9.17, 15) is 12.8 Å². The maximum Gasteiger partial charge on any atom is 0.245 e. The summed E-state index contributed by atoms with van der Waals surface area (Å²) in [6, 6.07) is 2.25. The molecule has 1 aromatic carbocycles. The van der Waals surface area contributed by atoms with Gasteiger partial charge in [-0.2, -0.15) is 4.31 Å². The van der Waals surface area contributed by atoms with Crippen LogP contribution in [-0.4, -0.2) is 39.5 Å². The molecule has 0 unspecified atom stereocenters. The fourth-order valence-corrected chi connectivity index (χ4v) is 4.55. The first-order chi connectivity index (χ1) is 9.86. The van der Waals surface area contributed by atoms with Crippen molar-refractivity contribution in [2.75, 3.05) is 32.5 Å². The summed E-state index contributed by atoms with van der Waals surface area (Å²) in [7, 11) is -2.06. The Balaban J connectivity index is 2.22. The molecule has 118 valence electrons. The Kier molecular flexibility index (Phi) is 5.24. The summed E-state index contributed by atoms with van der Waals surface area (Å²) >= 11 is 3.00. The van der Waals surface area contributed by atoms with Crippen LogP contribution in [0.4, 0.5) is 10.1 Å². The number of benzene rings is 1. The molecule has 21 heavy (non-hydrogen) atoms. The van der Waals surface area contributed by atoms with E-state index in [1.807, 2.05) is 0 Å². The van der Waals surface area contributed by atoms with Crippen LogP contribution in [0.2, 0.25) is 0 Å². The summed E-state index contributed by atoms with van der Waals surface area (Å²) < 4.78 is 45.2. The normalized spacial score (nSPS) is 18.0. The largest absolute Gasteiger partial charge is 0.398 e. The van der Waals surface area contributed by atoms with Gasteiger partial charge in [-0.05, 0) is 46.8 Å². The molecule has 1 saturated heterocycles. The van der Waals surface area contributed by atoms with Crippen LogP contribution < -0.4 is 5.73 Å². The summed E-state index contributed by atoms with van der Waals surface area (Å²) in [6.07, 6.45) is 1.49. The number of piperidine rings is 1. The molecule has 2 N–H and O–H groups in total. The van der Waals surface area contributed by atoms with Crippen molar-refractivity contribution in [2.24, 2.45) is 5.92 Å². The number of ether oxygens (including phenoxy) is 1. The van der Waals surface area contributed by atoms with Crippen LogP contribution in [0, 0.1) is 11.7 Å². The number of anilines is 1. The summed E-state index contributed by atoms with van der Waals surface area (Å²) in [5.74, 6) is -0.205. The second-order valence-electron chi connectivity index (χ2n) is 5.11. The predicted octanol–water partition coefficient (Wildman–Crippen LogP) is 2.22. The second kappa shape index (κ2) is 6.60. The van der Waals surface area contributed by atoms with Crippen molar-refractivity contribution in [3.8, 4) is 0 Å². The standard InChI is InChI=1S/C13H18BrFN2O3S/c1-20-8-9-2-4-17(5-3-9)21(18,19)13-6-10(14)11(15)7-12(13)16/h6-7,9H,2-5,8,16H2,1H3. The van der Waals surface area contributed by atoms with E-state index in [0.29, 0.717) is 25.6 Å². The fourth-order valence-electron chi connectivity index (χ4n) is 2.46. The van der Waals surface area contributed by atoms with Gasteiger partial charge in [-0.1, -0.05) is 0 Å². The molecule has 5 nitrogen and oxygen atoms in total. The first-order valence-electron chi connectivity index (χ1n) is 6.60. The number of rotatable bonds is 4. The van der Waals surface area contributed by atoms with Gasteiger partial charge >= 0.3 is 0 Å².